The molecule has 18 heavy (non-hydrogen) atoms. The molecule has 0 aromatic heterocycles. The van der Waals surface area contributed by atoms with Crippen LogP contribution in [-0.4, -0.2) is 13.7 Å². The maximum Gasteiger partial charge on any atom is 0.126 e. The molecular formula is C16H17NO. The summed E-state index contributed by atoms with van der Waals surface area (Å²) in [4.78, 5) is 0. The van der Waals surface area contributed by atoms with Gasteiger partial charge < -0.3 is 10.1 Å². The van der Waals surface area contributed by atoms with E-state index in [0.717, 1.165) is 18.7 Å². The van der Waals surface area contributed by atoms with Gasteiger partial charge in [0.25, 0.3) is 0 Å². The molecule has 1 aliphatic heterocycles. The average molecular weight is 239 g/mol. The molecule has 2 aromatic carbocycles. The number of hydrogen-bond acceptors (Lipinski definition) is 2. The first-order chi connectivity index (χ1) is 8.78. The van der Waals surface area contributed by atoms with E-state index in [-0.39, 0.29) is 0 Å². The maximum absolute atomic E-state index is 5.46. The molecule has 0 radical (unpaired) electrons. The number of fused-ring (bicyclic) bond motifs is 1. The van der Waals surface area contributed by atoms with Gasteiger partial charge in [-0.15, -0.1) is 0 Å². The first kappa shape index (κ1) is 11.1. The molecule has 3 rings (SSSR count). The van der Waals surface area contributed by atoms with E-state index >= 15 is 0 Å². The molecule has 0 fully saturated rings. The summed E-state index contributed by atoms with van der Waals surface area (Å²) in [5.41, 5.74) is 6.33. The number of anilines is 1. The van der Waals surface area contributed by atoms with Crippen LogP contribution in [0, 0.1) is 6.92 Å². The summed E-state index contributed by atoms with van der Waals surface area (Å²) in [6.45, 7) is 3.15. The van der Waals surface area contributed by atoms with Crippen LogP contribution in [0.3, 0.4) is 0 Å². The van der Waals surface area contributed by atoms with Crippen LogP contribution in [0.4, 0.5) is 5.69 Å². The lowest BCUT2D eigenvalue weighted by Crippen LogP contribution is -1.90. The molecular weight excluding hydrogens is 222 g/mol. The van der Waals surface area contributed by atoms with Crippen molar-refractivity contribution >= 4 is 5.69 Å². The minimum Gasteiger partial charge on any atom is -0.496 e. The van der Waals surface area contributed by atoms with Crippen LogP contribution < -0.4 is 10.1 Å². The van der Waals surface area contributed by atoms with Crippen molar-refractivity contribution in [3.05, 3.63) is 47.5 Å². The normalized spacial score (nSPS) is 13.0. The molecule has 92 valence electrons. The van der Waals surface area contributed by atoms with Gasteiger partial charge in [0.15, 0.2) is 0 Å². The zero-order valence-electron chi connectivity index (χ0n) is 10.8. The summed E-state index contributed by atoms with van der Waals surface area (Å²) < 4.78 is 5.46. The third-order valence-corrected chi connectivity index (χ3v) is 3.48. The Hall–Kier alpha value is -1.96. The highest BCUT2D eigenvalue weighted by atomic mass is 16.5. The second-order valence-corrected chi connectivity index (χ2v) is 4.75. The van der Waals surface area contributed by atoms with E-state index in [2.05, 4.69) is 42.6 Å². The van der Waals surface area contributed by atoms with Crippen LogP contribution in [0.25, 0.3) is 11.1 Å². The van der Waals surface area contributed by atoms with Crippen LogP contribution in [0.15, 0.2) is 36.4 Å². The van der Waals surface area contributed by atoms with E-state index in [4.69, 9.17) is 4.74 Å². The fourth-order valence-electron chi connectivity index (χ4n) is 2.52. The number of rotatable bonds is 2. The SMILES string of the molecule is COc1ccc(C)cc1-c1ccc2c(c1)CCN2. The molecule has 0 atom stereocenters. The number of nitrogens with one attached hydrogen (secondary N) is 1. The van der Waals surface area contributed by atoms with Gasteiger partial charge in [0.2, 0.25) is 0 Å². The summed E-state index contributed by atoms with van der Waals surface area (Å²) in [7, 11) is 1.73. The predicted octanol–water partition coefficient (Wildman–Crippen LogP) is 3.64. The van der Waals surface area contributed by atoms with Gasteiger partial charge in [-0.25, -0.2) is 0 Å². The van der Waals surface area contributed by atoms with Gasteiger partial charge in [-0.2, -0.15) is 0 Å². The molecule has 1 aliphatic rings. The van der Waals surface area contributed by atoms with Crippen LogP contribution in [0.2, 0.25) is 0 Å². The van der Waals surface area contributed by atoms with Gasteiger partial charge in [-0.05, 0) is 48.7 Å². The molecule has 1 heterocycles. The molecule has 1 N–H and O–H groups in total. The van der Waals surface area contributed by atoms with Crippen molar-refractivity contribution in [3.63, 3.8) is 0 Å². The van der Waals surface area contributed by atoms with Crippen molar-refractivity contribution in [2.45, 2.75) is 13.3 Å². The van der Waals surface area contributed by atoms with E-state index in [1.807, 2.05) is 6.07 Å². The van der Waals surface area contributed by atoms with E-state index in [1.54, 1.807) is 7.11 Å². The third-order valence-electron chi connectivity index (χ3n) is 3.48. The molecule has 0 spiro atoms. The molecule has 0 saturated heterocycles. The Morgan fingerprint density at radius 2 is 2.00 bits per heavy atom. The fourth-order valence-corrected chi connectivity index (χ4v) is 2.52. The first-order valence-corrected chi connectivity index (χ1v) is 6.30. The quantitative estimate of drug-likeness (QED) is 0.864. The fraction of sp³-hybridized carbons (Fsp3) is 0.250. The molecule has 0 bridgehead atoms. The second-order valence-electron chi connectivity index (χ2n) is 4.75. The molecule has 2 aromatic rings. The van der Waals surface area contributed by atoms with Crippen molar-refractivity contribution < 1.29 is 4.74 Å². The van der Waals surface area contributed by atoms with Gasteiger partial charge in [-0.1, -0.05) is 17.7 Å². The summed E-state index contributed by atoms with van der Waals surface area (Å²) in [6.07, 6.45) is 1.11. The van der Waals surface area contributed by atoms with E-state index in [9.17, 15) is 0 Å². The number of methoxy groups -OCH3 is 1. The molecule has 0 amide bonds. The Morgan fingerprint density at radius 1 is 1.11 bits per heavy atom. The van der Waals surface area contributed by atoms with Crippen molar-refractivity contribution in [1.82, 2.24) is 0 Å². The zero-order chi connectivity index (χ0) is 12.5. The smallest absolute Gasteiger partial charge is 0.126 e. The Labute approximate surface area is 108 Å². The number of ether oxygens (including phenoxy) is 1. The largest absolute Gasteiger partial charge is 0.496 e. The van der Waals surface area contributed by atoms with Crippen LogP contribution >= 0.6 is 0 Å². The topological polar surface area (TPSA) is 21.3 Å². The summed E-state index contributed by atoms with van der Waals surface area (Å²) in [5, 5.41) is 3.39. The maximum atomic E-state index is 5.46. The highest BCUT2D eigenvalue weighted by Gasteiger charge is 2.12. The van der Waals surface area contributed by atoms with Crippen LogP contribution in [0.5, 0.6) is 5.75 Å². The highest BCUT2D eigenvalue weighted by Crippen LogP contribution is 2.34. The molecule has 0 aliphatic carbocycles. The van der Waals surface area contributed by atoms with Crippen molar-refractivity contribution in [2.24, 2.45) is 0 Å². The standard InChI is InChI=1S/C16H17NO/c1-11-3-6-16(18-2)14(9-11)12-4-5-15-13(10-12)7-8-17-15/h3-6,9-10,17H,7-8H2,1-2H3. The van der Waals surface area contributed by atoms with Crippen LogP contribution in [0.1, 0.15) is 11.1 Å². The minimum atomic E-state index is 0.937. The minimum absolute atomic E-state index is 0.937. The van der Waals surface area contributed by atoms with Crippen molar-refractivity contribution in [3.8, 4) is 16.9 Å². The van der Waals surface area contributed by atoms with E-state index in [0.29, 0.717) is 0 Å². The number of hydrogen-bond donors (Lipinski definition) is 1. The molecule has 0 unspecified atom stereocenters. The Bertz CT molecular complexity index is 590. The number of benzene rings is 2. The summed E-state index contributed by atoms with van der Waals surface area (Å²) >= 11 is 0. The van der Waals surface area contributed by atoms with E-state index < -0.39 is 0 Å². The van der Waals surface area contributed by atoms with Gasteiger partial charge in [0.05, 0.1) is 7.11 Å². The third kappa shape index (κ3) is 1.84. The lowest BCUT2D eigenvalue weighted by Gasteiger charge is -2.11. The van der Waals surface area contributed by atoms with Crippen molar-refractivity contribution in [1.29, 1.82) is 0 Å². The van der Waals surface area contributed by atoms with Crippen molar-refractivity contribution in [2.75, 3.05) is 19.0 Å². The lowest BCUT2D eigenvalue weighted by molar-refractivity contribution is 0.416. The Morgan fingerprint density at radius 3 is 2.83 bits per heavy atom. The Kier molecular flexibility index (Phi) is 2.71. The molecule has 2 heteroatoms. The predicted molar refractivity (Wildman–Crippen MR) is 75.4 cm³/mol. The number of aryl methyl sites for hydroxylation is 1. The lowest BCUT2D eigenvalue weighted by atomic mass is 9.99. The van der Waals surface area contributed by atoms with Crippen LogP contribution in [-0.2, 0) is 6.42 Å². The van der Waals surface area contributed by atoms with E-state index in [1.165, 1.54) is 27.9 Å². The summed E-state index contributed by atoms with van der Waals surface area (Å²) in [6, 6.07) is 12.9. The van der Waals surface area contributed by atoms with Gasteiger partial charge in [0, 0.05) is 17.8 Å². The van der Waals surface area contributed by atoms with Gasteiger partial charge in [0.1, 0.15) is 5.75 Å². The summed E-state index contributed by atoms with van der Waals surface area (Å²) in [5.74, 6) is 0.937. The molecule has 2 nitrogen and oxygen atoms in total. The highest BCUT2D eigenvalue weighted by molar-refractivity contribution is 5.74. The second kappa shape index (κ2) is 4.37. The first-order valence-electron chi connectivity index (χ1n) is 6.30. The van der Waals surface area contributed by atoms with Gasteiger partial charge >= 0.3 is 0 Å². The Balaban J connectivity index is 2.12. The van der Waals surface area contributed by atoms with Gasteiger partial charge in [-0.3, -0.25) is 0 Å². The monoisotopic (exact) mass is 239 g/mol. The zero-order valence-corrected chi connectivity index (χ0v) is 10.8. The molecule has 0 saturated carbocycles. The average Bonchev–Trinajstić information content (AvgIpc) is 2.85.